The number of benzene rings is 1. The smallest absolute Gasteiger partial charge is 0.246 e. The Morgan fingerprint density at radius 1 is 1.20 bits per heavy atom. The van der Waals surface area contributed by atoms with E-state index >= 15 is 0 Å². The molecule has 0 bridgehead atoms. The summed E-state index contributed by atoms with van der Waals surface area (Å²) in [7, 11) is 2.11. The standard InChI is InChI=1S/C16H19ClN6OS/c1-21-6-8-22(9-7-21)15-18-16(20-19-15)23-13(24)10-25-14(23)11-2-4-12(17)5-3-11/h2-5,14H,6-10H2,1H3,(H,18,19,20). The first-order valence-corrected chi connectivity index (χ1v) is 9.59. The fourth-order valence-corrected chi connectivity index (χ4v) is 4.31. The monoisotopic (exact) mass is 378 g/mol. The fraction of sp³-hybridized carbons (Fsp3) is 0.438. The molecule has 1 aromatic heterocycles. The molecule has 0 spiro atoms. The molecule has 2 aliphatic rings. The second-order valence-electron chi connectivity index (χ2n) is 6.23. The van der Waals surface area contributed by atoms with Crippen molar-refractivity contribution in [2.24, 2.45) is 0 Å². The van der Waals surface area contributed by atoms with Crippen LogP contribution < -0.4 is 9.80 Å². The maximum atomic E-state index is 12.4. The van der Waals surface area contributed by atoms with Crippen LogP contribution in [-0.2, 0) is 4.79 Å². The lowest BCUT2D eigenvalue weighted by Crippen LogP contribution is -2.45. The molecule has 7 nitrogen and oxygen atoms in total. The van der Waals surface area contributed by atoms with E-state index in [0.717, 1.165) is 31.7 Å². The van der Waals surface area contributed by atoms with Crippen LogP contribution in [0.15, 0.2) is 24.3 Å². The number of hydrogen-bond donors (Lipinski definition) is 1. The molecule has 2 aromatic rings. The number of anilines is 2. The molecule has 4 rings (SSSR count). The van der Waals surface area contributed by atoms with Crippen LogP contribution in [0.3, 0.4) is 0 Å². The highest BCUT2D eigenvalue weighted by Crippen LogP contribution is 2.41. The molecule has 2 fully saturated rings. The van der Waals surface area contributed by atoms with E-state index in [1.165, 1.54) is 0 Å². The van der Waals surface area contributed by atoms with Crippen molar-refractivity contribution in [2.45, 2.75) is 5.37 Å². The van der Waals surface area contributed by atoms with Gasteiger partial charge < -0.3 is 9.80 Å². The number of amides is 1. The number of H-pyrrole nitrogens is 1. The fourth-order valence-electron chi connectivity index (χ4n) is 3.03. The lowest BCUT2D eigenvalue weighted by Gasteiger charge is -2.31. The first-order valence-electron chi connectivity index (χ1n) is 8.17. The number of hydrogen-bond acceptors (Lipinski definition) is 6. The lowest BCUT2D eigenvalue weighted by molar-refractivity contribution is -0.115. The Bertz CT molecular complexity index is 758. The zero-order valence-electron chi connectivity index (χ0n) is 13.9. The van der Waals surface area contributed by atoms with Gasteiger partial charge in [0.1, 0.15) is 5.37 Å². The molecule has 9 heteroatoms. The summed E-state index contributed by atoms with van der Waals surface area (Å²) >= 11 is 7.56. The van der Waals surface area contributed by atoms with Crippen LogP contribution in [0, 0.1) is 0 Å². The van der Waals surface area contributed by atoms with E-state index in [2.05, 4.69) is 32.0 Å². The van der Waals surface area contributed by atoms with Crippen molar-refractivity contribution in [3.05, 3.63) is 34.9 Å². The summed E-state index contributed by atoms with van der Waals surface area (Å²) in [6, 6.07) is 7.58. The SMILES string of the molecule is CN1CCN(c2n[nH]c(N3C(=O)CSC3c3ccc(Cl)cc3)n2)CC1. The molecule has 25 heavy (non-hydrogen) atoms. The number of piperazine rings is 1. The highest BCUT2D eigenvalue weighted by Gasteiger charge is 2.36. The number of aromatic nitrogens is 3. The Kier molecular flexibility index (Phi) is 4.58. The third-order valence-corrected chi connectivity index (χ3v) is 5.96. The van der Waals surface area contributed by atoms with E-state index in [9.17, 15) is 4.79 Å². The predicted molar refractivity (Wildman–Crippen MR) is 100 cm³/mol. The Morgan fingerprint density at radius 2 is 1.92 bits per heavy atom. The molecule has 0 radical (unpaired) electrons. The summed E-state index contributed by atoms with van der Waals surface area (Å²) < 4.78 is 0. The van der Waals surface area contributed by atoms with E-state index < -0.39 is 0 Å². The van der Waals surface area contributed by atoms with Gasteiger partial charge in [0.15, 0.2) is 0 Å². The van der Waals surface area contributed by atoms with Crippen molar-refractivity contribution in [1.82, 2.24) is 20.1 Å². The normalized spacial score (nSPS) is 22.0. The molecule has 1 atom stereocenters. The average Bonchev–Trinajstić information content (AvgIpc) is 3.23. The van der Waals surface area contributed by atoms with Crippen molar-refractivity contribution in [3.8, 4) is 0 Å². The van der Waals surface area contributed by atoms with Gasteiger partial charge in [-0.25, -0.2) is 5.10 Å². The number of carbonyl (C=O) groups excluding carboxylic acids is 1. The summed E-state index contributed by atoms with van der Waals surface area (Å²) in [5, 5.41) is 7.85. The molecule has 1 aromatic carbocycles. The van der Waals surface area contributed by atoms with Crippen molar-refractivity contribution in [1.29, 1.82) is 0 Å². The Labute approximate surface area is 155 Å². The summed E-state index contributed by atoms with van der Waals surface area (Å²) in [5.41, 5.74) is 1.03. The van der Waals surface area contributed by atoms with Gasteiger partial charge in [-0.05, 0) is 24.7 Å². The van der Waals surface area contributed by atoms with Crippen LogP contribution in [0.1, 0.15) is 10.9 Å². The summed E-state index contributed by atoms with van der Waals surface area (Å²) in [6.07, 6.45) is 0. The first-order chi connectivity index (χ1) is 12.1. The van der Waals surface area contributed by atoms with Crippen LogP contribution in [0.25, 0.3) is 0 Å². The van der Waals surface area contributed by atoms with E-state index in [4.69, 9.17) is 11.6 Å². The van der Waals surface area contributed by atoms with E-state index in [1.807, 2.05) is 24.3 Å². The van der Waals surface area contributed by atoms with Gasteiger partial charge in [-0.15, -0.1) is 16.9 Å². The summed E-state index contributed by atoms with van der Waals surface area (Å²) in [6.45, 7) is 3.74. The minimum absolute atomic E-state index is 0.0334. The van der Waals surface area contributed by atoms with Gasteiger partial charge in [-0.3, -0.25) is 9.69 Å². The molecule has 3 heterocycles. The maximum Gasteiger partial charge on any atom is 0.246 e. The third kappa shape index (κ3) is 3.33. The van der Waals surface area contributed by atoms with Crippen LogP contribution in [-0.4, -0.2) is 65.0 Å². The number of nitrogens with one attached hydrogen (secondary N) is 1. The first kappa shape index (κ1) is 16.7. The van der Waals surface area contributed by atoms with E-state index in [1.54, 1.807) is 16.7 Å². The number of thioether (sulfide) groups is 1. The van der Waals surface area contributed by atoms with Gasteiger partial charge >= 0.3 is 0 Å². The van der Waals surface area contributed by atoms with Gasteiger partial charge in [0.05, 0.1) is 5.75 Å². The van der Waals surface area contributed by atoms with Crippen molar-refractivity contribution in [3.63, 3.8) is 0 Å². The quantitative estimate of drug-likeness (QED) is 0.880. The summed E-state index contributed by atoms with van der Waals surface area (Å²) in [4.78, 5) is 23.1. The van der Waals surface area contributed by atoms with Crippen molar-refractivity contribution in [2.75, 3.05) is 48.8 Å². The topological polar surface area (TPSA) is 68.4 Å². The van der Waals surface area contributed by atoms with Gasteiger partial charge in [-0.2, -0.15) is 4.98 Å². The molecule has 0 aliphatic carbocycles. The summed E-state index contributed by atoms with van der Waals surface area (Å²) in [5.74, 6) is 1.62. The molecule has 1 amide bonds. The lowest BCUT2D eigenvalue weighted by atomic mass is 10.2. The van der Waals surface area contributed by atoms with Crippen LogP contribution in [0.2, 0.25) is 5.02 Å². The number of carbonyl (C=O) groups is 1. The highest BCUT2D eigenvalue weighted by molar-refractivity contribution is 8.00. The largest absolute Gasteiger partial charge is 0.337 e. The molecule has 132 valence electrons. The minimum atomic E-state index is -0.113. The van der Waals surface area contributed by atoms with E-state index in [0.29, 0.717) is 22.7 Å². The van der Waals surface area contributed by atoms with Crippen molar-refractivity contribution >= 4 is 41.2 Å². The molecule has 2 saturated heterocycles. The second kappa shape index (κ2) is 6.86. The molecule has 0 saturated carbocycles. The minimum Gasteiger partial charge on any atom is -0.337 e. The third-order valence-electron chi connectivity index (χ3n) is 4.50. The Hall–Kier alpha value is -1.77. The zero-order valence-corrected chi connectivity index (χ0v) is 15.4. The van der Waals surface area contributed by atoms with Gasteiger partial charge in [0, 0.05) is 31.2 Å². The zero-order chi connectivity index (χ0) is 17.4. The highest BCUT2D eigenvalue weighted by atomic mass is 35.5. The molecular weight excluding hydrogens is 360 g/mol. The molecule has 1 unspecified atom stereocenters. The van der Waals surface area contributed by atoms with Crippen LogP contribution in [0.5, 0.6) is 0 Å². The van der Waals surface area contributed by atoms with Gasteiger partial charge in [0.2, 0.25) is 17.8 Å². The van der Waals surface area contributed by atoms with Gasteiger partial charge in [-0.1, -0.05) is 23.7 Å². The molecule has 2 aliphatic heterocycles. The van der Waals surface area contributed by atoms with Crippen LogP contribution >= 0.6 is 23.4 Å². The molecule has 1 N–H and O–H groups in total. The Morgan fingerprint density at radius 3 is 2.64 bits per heavy atom. The number of halogens is 1. The second-order valence-corrected chi connectivity index (χ2v) is 7.73. The van der Waals surface area contributed by atoms with Crippen molar-refractivity contribution < 1.29 is 4.79 Å². The predicted octanol–water partition coefficient (Wildman–Crippen LogP) is 1.99. The van der Waals surface area contributed by atoms with E-state index in [-0.39, 0.29) is 11.3 Å². The Balaban J connectivity index is 1.57. The molecular formula is C16H19ClN6OS. The number of aromatic amines is 1. The van der Waals surface area contributed by atoms with Gasteiger partial charge in [0.25, 0.3) is 0 Å². The number of nitrogens with zero attached hydrogens (tertiary/aromatic N) is 5. The average molecular weight is 379 g/mol. The number of rotatable bonds is 3. The van der Waals surface area contributed by atoms with Crippen LogP contribution in [0.4, 0.5) is 11.9 Å². The maximum absolute atomic E-state index is 12.4. The number of likely N-dealkylation sites (N-methyl/N-ethyl adjacent to an activating group) is 1.